The molecule has 0 spiro atoms. The van der Waals surface area contributed by atoms with Gasteiger partial charge in [-0.25, -0.2) is 4.79 Å². The van der Waals surface area contributed by atoms with Crippen molar-refractivity contribution in [2.45, 2.75) is 38.3 Å². The molecule has 3 heterocycles. The minimum atomic E-state index is -0.799. The number of carbonyl (C=O) groups excluding carboxylic acids is 1. The van der Waals surface area contributed by atoms with E-state index in [1.165, 1.54) is 0 Å². The molecule has 2 fully saturated rings. The van der Waals surface area contributed by atoms with Crippen LogP contribution in [-0.2, 0) is 4.79 Å². The molecule has 2 aliphatic rings. The smallest absolute Gasteiger partial charge is 0.322 e. The molecule has 3 rings (SSSR count). The number of nitrogens with zero attached hydrogens (tertiary/aromatic N) is 2. The van der Waals surface area contributed by atoms with E-state index in [-0.39, 0.29) is 18.1 Å². The third-order valence-corrected chi connectivity index (χ3v) is 4.37. The highest BCUT2D eigenvalue weighted by atomic mass is 16.4. The van der Waals surface area contributed by atoms with E-state index in [2.05, 4.69) is 10.3 Å². The number of carbonyl (C=O) groups is 2. The Bertz CT molecular complexity index is 560. The number of carboxylic acids is 1. The lowest BCUT2D eigenvalue weighted by atomic mass is 9.89. The predicted molar refractivity (Wildman–Crippen MR) is 72.4 cm³/mol. The molecule has 2 saturated heterocycles. The first-order valence-corrected chi connectivity index (χ1v) is 6.80. The van der Waals surface area contributed by atoms with Gasteiger partial charge in [-0.2, -0.15) is 0 Å². The topological polar surface area (TPSA) is 82.5 Å². The van der Waals surface area contributed by atoms with Crippen LogP contribution in [0.5, 0.6) is 0 Å². The zero-order valence-corrected chi connectivity index (χ0v) is 11.2. The van der Waals surface area contributed by atoms with Crippen LogP contribution < -0.4 is 5.32 Å². The van der Waals surface area contributed by atoms with Crippen LogP contribution in [-0.4, -0.2) is 39.1 Å². The fourth-order valence-electron chi connectivity index (χ4n) is 3.35. The molecule has 0 saturated carbocycles. The Hall–Kier alpha value is -2.11. The van der Waals surface area contributed by atoms with Crippen LogP contribution in [0.25, 0.3) is 0 Å². The highest BCUT2D eigenvalue weighted by molar-refractivity contribution is 5.91. The number of rotatable bonds is 2. The number of pyridine rings is 1. The summed E-state index contributed by atoms with van der Waals surface area (Å²) in [4.78, 5) is 29.3. The minimum Gasteiger partial charge on any atom is -0.481 e. The Morgan fingerprint density at radius 2 is 2.25 bits per heavy atom. The summed E-state index contributed by atoms with van der Waals surface area (Å²) in [5.74, 6) is -1.22. The number of aromatic nitrogens is 1. The van der Waals surface area contributed by atoms with Crippen LogP contribution >= 0.6 is 0 Å². The van der Waals surface area contributed by atoms with Crippen molar-refractivity contribution in [3.8, 4) is 0 Å². The van der Waals surface area contributed by atoms with Gasteiger partial charge in [0.05, 0.1) is 17.8 Å². The number of aliphatic carboxylic acids is 1. The summed E-state index contributed by atoms with van der Waals surface area (Å²) < 4.78 is 0. The highest BCUT2D eigenvalue weighted by Crippen LogP contribution is 2.42. The van der Waals surface area contributed by atoms with E-state index in [1.54, 1.807) is 17.3 Å². The van der Waals surface area contributed by atoms with E-state index in [0.29, 0.717) is 12.1 Å². The van der Waals surface area contributed by atoms with Crippen LogP contribution in [0.2, 0.25) is 0 Å². The normalized spacial score (nSPS) is 27.6. The maximum absolute atomic E-state index is 12.4. The molecule has 2 N–H and O–H groups in total. The van der Waals surface area contributed by atoms with E-state index in [0.717, 1.165) is 18.4 Å². The van der Waals surface area contributed by atoms with Gasteiger partial charge in [0.1, 0.15) is 0 Å². The zero-order chi connectivity index (χ0) is 14.3. The Morgan fingerprint density at radius 3 is 2.90 bits per heavy atom. The Morgan fingerprint density at radius 1 is 1.45 bits per heavy atom. The molecule has 6 nitrogen and oxygen atoms in total. The van der Waals surface area contributed by atoms with Crippen molar-refractivity contribution in [1.82, 2.24) is 9.88 Å². The average Bonchev–Trinajstić information content (AvgIpc) is 2.99. The van der Waals surface area contributed by atoms with Crippen LogP contribution in [0.15, 0.2) is 18.5 Å². The molecule has 20 heavy (non-hydrogen) atoms. The van der Waals surface area contributed by atoms with Gasteiger partial charge in [-0.05, 0) is 37.8 Å². The second kappa shape index (κ2) is 4.77. The van der Waals surface area contributed by atoms with Gasteiger partial charge in [-0.1, -0.05) is 0 Å². The summed E-state index contributed by atoms with van der Waals surface area (Å²) in [6, 6.07) is 1.50. The van der Waals surface area contributed by atoms with E-state index in [1.807, 2.05) is 13.0 Å². The summed E-state index contributed by atoms with van der Waals surface area (Å²) in [5.41, 5.74) is 1.62. The van der Waals surface area contributed by atoms with E-state index in [4.69, 9.17) is 0 Å². The van der Waals surface area contributed by atoms with Crippen LogP contribution in [0.4, 0.5) is 10.5 Å². The molecule has 2 amide bonds. The fourth-order valence-corrected chi connectivity index (χ4v) is 3.35. The number of anilines is 1. The molecule has 1 aromatic rings. The van der Waals surface area contributed by atoms with Gasteiger partial charge >= 0.3 is 12.0 Å². The van der Waals surface area contributed by atoms with Crippen molar-refractivity contribution in [3.05, 3.63) is 24.0 Å². The van der Waals surface area contributed by atoms with Gasteiger partial charge in [0, 0.05) is 18.3 Å². The Balaban J connectivity index is 1.76. The summed E-state index contributed by atoms with van der Waals surface area (Å²) in [7, 11) is 0. The SMILES string of the molecule is Cc1ccncc1NC(=O)N1C2CCC1C(C(=O)O)C2. The van der Waals surface area contributed by atoms with Crippen molar-refractivity contribution in [2.75, 3.05) is 5.32 Å². The van der Waals surface area contributed by atoms with E-state index >= 15 is 0 Å². The van der Waals surface area contributed by atoms with E-state index < -0.39 is 11.9 Å². The number of hydrogen-bond acceptors (Lipinski definition) is 3. The lowest BCUT2D eigenvalue weighted by Gasteiger charge is -2.23. The van der Waals surface area contributed by atoms with Crippen molar-refractivity contribution >= 4 is 17.7 Å². The second-order valence-electron chi connectivity index (χ2n) is 5.51. The molecule has 0 aromatic carbocycles. The zero-order valence-electron chi connectivity index (χ0n) is 11.2. The molecule has 2 bridgehead atoms. The summed E-state index contributed by atoms with van der Waals surface area (Å²) >= 11 is 0. The van der Waals surface area contributed by atoms with Crippen molar-refractivity contribution in [2.24, 2.45) is 5.92 Å². The quantitative estimate of drug-likeness (QED) is 0.863. The van der Waals surface area contributed by atoms with Gasteiger partial charge in [-0.15, -0.1) is 0 Å². The molecular weight excluding hydrogens is 258 g/mol. The number of nitrogens with one attached hydrogen (secondary N) is 1. The molecule has 3 atom stereocenters. The number of fused-ring (bicyclic) bond motifs is 2. The van der Waals surface area contributed by atoms with Gasteiger partial charge in [0.25, 0.3) is 0 Å². The van der Waals surface area contributed by atoms with Crippen molar-refractivity contribution in [3.63, 3.8) is 0 Å². The lowest BCUT2D eigenvalue weighted by molar-refractivity contribution is -0.142. The molecule has 2 aliphatic heterocycles. The maximum atomic E-state index is 12.4. The minimum absolute atomic E-state index is 0.0538. The Labute approximate surface area is 116 Å². The predicted octanol–water partition coefficient (Wildman–Crippen LogP) is 1.86. The van der Waals surface area contributed by atoms with Crippen molar-refractivity contribution < 1.29 is 14.7 Å². The molecule has 0 aliphatic carbocycles. The molecule has 6 heteroatoms. The second-order valence-corrected chi connectivity index (χ2v) is 5.51. The van der Waals surface area contributed by atoms with Gasteiger partial charge in [-0.3, -0.25) is 9.78 Å². The first-order valence-electron chi connectivity index (χ1n) is 6.80. The summed E-state index contributed by atoms with van der Waals surface area (Å²) in [6.45, 7) is 1.90. The highest BCUT2D eigenvalue weighted by Gasteiger charge is 2.51. The standard InChI is InChI=1S/C14H17N3O3/c1-8-4-5-15-7-11(8)16-14(20)17-9-2-3-12(17)10(6-9)13(18)19/h4-5,7,9-10,12H,2-3,6H2,1H3,(H,16,20)(H,18,19). The molecule has 1 aromatic heterocycles. The first-order chi connectivity index (χ1) is 9.58. The fraction of sp³-hybridized carbons (Fsp3) is 0.500. The number of amides is 2. The summed E-state index contributed by atoms with van der Waals surface area (Å²) in [6.07, 6.45) is 5.53. The third-order valence-electron chi connectivity index (χ3n) is 4.37. The van der Waals surface area contributed by atoms with Crippen LogP contribution in [0, 0.1) is 12.8 Å². The first kappa shape index (κ1) is 12.9. The maximum Gasteiger partial charge on any atom is 0.322 e. The number of aryl methyl sites for hydroxylation is 1. The number of carboxylic acid groups (broad SMARTS) is 1. The molecule has 106 valence electrons. The van der Waals surface area contributed by atoms with E-state index in [9.17, 15) is 14.7 Å². The largest absolute Gasteiger partial charge is 0.481 e. The van der Waals surface area contributed by atoms with Gasteiger partial charge < -0.3 is 15.3 Å². The summed E-state index contributed by atoms with van der Waals surface area (Å²) in [5, 5.41) is 12.0. The molecular formula is C14H17N3O3. The average molecular weight is 275 g/mol. The Kier molecular flexibility index (Phi) is 3.08. The monoisotopic (exact) mass is 275 g/mol. The van der Waals surface area contributed by atoms with Crippen LogP contribution in [0.1, 0.15) is 24.8 Å². The van der Waals surface area contributed by atoms with Gasteiger partial charge in [0.2, 0.25) is 0 Å². The number of hydrogen-bond donors (Lipinski definition) is 2. The van der Waals surface area contributed by atoms with Gasteiger partial charge in [0.15, 0.2) is 0 Å². The number of urea groups is 1. The van der Waals surface area contributed by atoms with Crippen LogP contribution in [0.3, 0.4) is 0 Å². The molecule has 3 unspecified atom stereocenters. The lowest BCUT2D eigenvalue weighted by Crippen LogP contribution is -2.40. The molecule has 0 radical (unpaired) electrons. The van der Waals surface area contributed by atoms with Crippen molar-refractivity contribution in [1.29, 1.82) is 0 Å². The third kappa shape index (κ3) is 2.01.